The lowest BCUT2D eigenvalue weighted by Crippen LogP contribution is -2.08. The van der Waals surface area contributed by atoms with Gasteiger partial charge >= 0.3 is 0 Å². The van der Waals surface area contributed by atoms with Crippen molar-refractivity contribution in [2.24, 2.45) is 0 Å². The third-order valence-corrected chi connectivity index (χ3v) is 4.51. The number of methoxy groups -OCH3 is 2. The highest BCUT2D eigenvalue weighted by Gasteiger charge is 2.31. The monoisotopic (exact) mass is 376 g/mol. The molecule has 140 valence electrons. The van der Waals surface area contributed by atoms with E-state index in [0.29, 0.717) is 17.1 Å². The minimum atomic E-state index is -0.402. The molecule has 0 N–H and O–H groups in total. The van der Waals surface area contributed by atoms with Gasteiger partial charge in [0, 0.05) is 17.7 Å². The van der Waals surface area contributed by atoms with Gasteiger partial charge in [0.15, 0.2) is 11.2 Å². The first-order chi connectivity index (χ1) is 13.5. The van der Waals surface area contributed by atoms with Crippen molar-refractivity contribution in [2.75, 3.05) is 14.2 Å². The number of ether oxygens (including phenoxy) is 3. The fraction of sp³-hybridized carbons (Fsp3) is 0.0909. The molecule has 3 aromatic rings. The largest absolute Gasteiger partial charge is 0.496 e. The molecule has 0 bridgehead atoms. The molecule has 0 fully saturated rings. The van der Waals surface area contributed by atoms with Gasteiger partial charge in [-0.05, 0) is 0 Å². The number of benzene rings is 2. The van der Waals surface area contributed by atoms with Gasteiger partial charge in [0.2, 0.25) is 5.78 Å². The summed E-state index contributed by atoms with van der Waals surface area (Å²) in [6, 6.07) is 12.2. The van der Waals surface area contributed by atoms with Gasteiger partial charge in [-0.3, -0.25) is 9.59 Å². The Bertz CT molecular complexity index is 1200. The number of ketones is 1. The Kier molecular flexibility index (Phi) is 4.24. The quantitative estimate of drug-likeness (QED) is 0.642. The van der Waals surface area contributed by atoms with Gasteiger partial charge in [-0.15, -0.1) is 0 Å². The van der Waals surface area contributed by atoms with Crippen LogP contribution in [0.25, 0.3) is 27.9 Å². The van der Waals surface area contributed by atoms with E-state index in [1.54, 1.807) is 6.07 Å². The van der Waals surface area contributed by atoms with Crippen molar-refractivity contribution in [3.8, 4) is 22.8 Å². The van der Waals surface area contributed by atoms with Crippen LogP contribution in [-0.4, -0.2) is 20.0 Å². The van der Waals surface area contributed by atoms with Crippen molar-refractivity contribution in [3.63, 3.8) is 0 Å². The minimum Gasteiger partial charge on any atom is -0.496 e. The second kappa shape index (κ2) is 6.74. The first-order valence-corrected chi connectivity index (χ1v) is 8.44. The molecule has 4 rings (SSSR count). The third-order valence-electron chi connectivity index (χ3n) is 4.51. The summed E-state index contributed by atoms with van der Waals surface area (Å²) in [7, 11) is 2.87. The van der Waals surface area contributed by atoms with Gasteiger partial charge in [0.1, 0.15) is 34.5 Å². The van der Waals surface area contributed by atoms with E-state index in [0.717, 1.165) is 5.56 Å². The Morgan fingerprint density at radius 2 is 1.75 bits per heavy atom. The highest BCUT2D eigenvalue weighted by molar-refractivity contribution is 6.30. The number of fused-ring (bicyclic) bond motifs is 1. The lowest BCUT2D eigenvalue weighted by molar-refractivity contribution is -0.111. The number of hydrogen-bond donors (Lipinski definition) is 0. The second-order valence-electron chi connectivity index (χ2n) is 6.10. The van der Waals surface area contributed by atoms with Crippen LogP contribution >= 0.6 is 0 Å². The Morgan fingerprint density at radius 1 is 1.00 bits per heavy atom. The highest BCUT2D eigenvalue weighted by atomic mass is 16.5. The zero-order chi connectivity index (χ0) is 19.8. The van der Waals surface area contributed by atoms with E-state index in [1.165, 1.54) is 26.5 Å². The highest BCUT2D eigenvalue weighted by Crippen LogP contribution is 2.43. The van der Waals surface area contributed by atoms with Crippen LogP contribution in [0.15, 0.2) is 70.3 Å². The molecule has 1 aromatic heterocycles. The molecule has 0 aliphatic carbocycles. The molecule has 0 amide bonds. The van der Waals surface area contributed by atoms with Crippen LogP contribution in [0.5, 0.6) is 11.5 Å². The molecule has 2 aromatic carbocycles. The van der Waals surface area contributed by atoms with Gasteiger partial charge in [-0.2, -0.15) is 0 Å². The lowest BCUT2D eigenvalue weighted by atomic mass is 9.98. The number of Topliss-reactive ketones (excluding diaryl/α,β-unsaturated/α-hetero) is 1. The van der Waals surface area contributed by atoms with Crippen LogP contribution in [0, 0.1) is 0 Å². The third kappa shape index (κ3) is 2.66. The smallest absolute Gasteiger partial charge is 0.231 e. The molecule has 1 aliphatic heterocycles. The molecule has 0 saturated heterocycles. The summed E-state index contributed by atoms with van der Waals surface area (Å²) in [6.45, 7) is 3.56. The van der Waals surface area contributed by atoms with Crippen LogP contribution < -0.4 is 14.9 Å². The van der Waals surface area contributed by atoms with Crippen molar-refractivity contribution in [1.29, 1.82) is 0 Å². The molecule has 28 heavy (non-hydrogen) atoms. The zero-order valence-corrected chi connectivity index (χ0v) is 15.3. The van der Waals surface area contributed by atoms with E-state index in [4.69, 9.17) is 18.6 Å². The lowest BCUT2D eigenvalue weighted by Gasteiger charge is -2.15. The molecule has 0 atom stereocenters. The summed E-state index contributed by atoms with van der Waals surface area (Å²) >= 11 is 0. The van der Waals surface area contributed by atoms with Crippen LogP contribution in [-0.2, 0) is 9.53 Å². The maximum Gasteiger partial charge on any atom is 0.231 e. The number of allylic oxidation sites excluding steroid dienone is 1. The average molecular weight is 376 g/mol. The summed E-state index contributed by atoms with van der Waals surface area (Å²) in [5, 5.41) is 0.212. The van der Waals surface area contributed by atoms with Gasteiger partial charge in [-0.25, -0.2) is 0 Å². The van der Waals surface area contributed by atoms with E-state index in [2.05, 4.69) is 6.58 Å². The predicted octanol–water partition coefficient (Wildman–Crippen LogP) is 3.93. The van der Waals surface area contributed by atoms with E-state index in [9.17, 15) is 9.59 Å². The van der Waals surface area contributed by atoms with Crippen molar-refractivity contribution in [2.45, 2.75) is 0 Å². The second-order valence-corrected chi connectivity index (χ2v) is 6.10. The maximum atomic E-state index is 12.9. The van der Waals surface area contributed by atoms with Crippen molar-refractivity contribution < 1.29 is 23.4 Å². The summed E-state index contributed by atoms with van der Waals surface area (Å²) in [6.07, 6.45) is 1.27. The molecule has 0 spiro atoms. The van der Waals surface area contributed by atoms with Gasteiger partial charge in [-0.1, -0.05) is 36.9 Å². The molecular formula is C22H16O6. The van der Waals surface area contributed by atoms with E-state index >= 15 is 0 Å². The molecule has 1 aliphatic rings. The number of hydrogen-bond acceptors (Lipinski definition) is 6. The van der Waals surface area contributed by atoms with Crippen LogP contribution in [0.2, 0.25) is 0 Å². The van der Waals surface area contributed by atoms with Crippen molar-refractivity contribution in [1.82, 2.24) is 0 Å². The Morgan fingerprint density at radius 3 is 2.36 bits per heavy atom. The normalized spacial score (nSPS) is 13.4. The van der Waals surface area contributed by atoms with Crippen LogP contribution in [0.3, 0.4) is 0 Å². The first-order valence-electron chi connectivity index (χ1n) is 8.44. The van der Waals surface area contributed by atoms with Gasteiger partial charge < -0.3 is 18.6 Å². The summed E-state index contributed by atoms with van der Waals surface area (Å²) in [5.41, 5.74) is 1.27. The number of carbonyl (C=O) groups excluding carboxylic acids is 1. The summed E-state index contributed by atoms with van der Waals surface area (Å²) in [4.78, 5) is 25.3. The first kappa shape index (κ1) is 17.6. The number of carbonyl (C=O) groups is 1. The average Bonchev–Trinajstić information content (AvgIpc) is 3.05. The molecule has 6 heteroatoms. The standard InChI is InChI=1S/C22H16O6/c1-12-21(24)14(11-27-12)19-17(25-2)10-18-20(22(19)26-3)15(23)9-16(28-18)13-7-5-4-6-8-13/h4-11H,1H2,2-3H3. The molecule has 0 saturated carbocycles. The topological polar surface area (TPSA) is 75.0 Å². The van der Waals surface area contributed by atoms with Crippen LogP contribution in [0.1, 0.15) is 5.56 Å². The van der Waals surface area contributed by atoms with Crippen LogP contribution in [0.4, 0.5) is 0 Å². The van der Waals surface area contributed by atoms with Gasteiger partial charge in [0.05, 0.1) is 25.4 Å². The van der Waals surface area contributed by atoms with Gasteiger partial charge in [0.25, 0.3) is 0 Å². The summed E-state index contributed by atoms with van der Waals surface area (Å²) < 4.78 is 22.1. The zero-order valence-electron chi connectivity index (χ0n) is 15.3. The van der Waals surface area contributed by atoms with E-state index in [-0.39, 0.29) is 33.5 Å². The minimum absolute atomic E-state index is 0.00865. The van der Waals surface area contributed by atoms with Crippen molar-refractivity contribution in [3.05, 3.63) is 76.9 Å². The number of rotatable bonds is 4. The fourth-order valence-corrected chi connectivity index (χ4v) is 3.19. The Hall–Kier alpha value is -3.80. The predicted molar refractivity (Wildman–Crippen MR) is 104 cm³/mol. The van der Waals surface area contributed by atoms with E-state index in [1.807, 2.05) is 30.3 Å². The SMILES string of the molecule is C=C1OC=C(c2c(OC)cc3oc(-c4ccccc4)cc(=O)c3c2OC)C1=O. The molecule has 0 unspecified atom stereocenters. The van der Waals surface area contributed by atoms with E-state index < -0.39 is 5.78 Å². The molecule has 6 nitrogen and oxygen atoms in total. The fourth-order valence-electron chi connectivity index (χ4n) is 3.19. The molecular weight excluding hydrogens is 360 g/mol. The Labute approximate surface area is 160 Å². The molecule has 0 radical (unpaired) electrons. The Balaban J connectivity index is 2.03. The molecule has 2 heterocycles. The van der Waals surface area contributed by atoms with Crippen molar-refractivity contribution >= 4 is 22.3 Å². The summed E-state index contributed by atoms with van der Waals surface area (Å²) in [5.74, 6) is 0.506. The maximum absolute atomic E-state index is 12.9.